The largest absolute Gasteiger partial charge is 0.508 e. The second-order valence-corrected chi connectivity index (χ2v) is 7.87. The van der Waals surface area contributed by atoms with E-state index >= 15 is 0 Å². The molecular weight excluding hydrogens is 343 g/mol. The number of carbonyl (C=O) groups excluding carboxylic acids is 1. The molecule has 2 heterocycles. The number of hydrogen-bond donors (Lipinski definition) is 1. The van der Waals surface area contributed by atoms with Gasteiger partial charge in [0.15, 0.2) is 0 Å². The lowest BCUT2D eigenvalue weighted by Gasteiger charge is -2.48. The summed E-state index contributed by atoms with van der Waals surface area (Å²) in [6.45, 7) is 3.92. The monoisotopic (exact) mass is 368 g/mol. The van der Waals surface area contributed by atoms with E-state index in [1.54, 1.807) is 18.2 Å². The number of benzene rings is 2. The first-order valence-electron chi connectivity index (χ1n) is 9.57. The van der Waals surface area contributed by atoms with E-state index in [0.29, 0.717) is 18.2 Å². The third kappa shape index (κ3) is 3.44. The molecule has 2 unspecified atom stereocenters. The minimum Gasteiger partial charge on any atom is -0.508 e. The van der Waals surface area contributed by atoms with Gasteiger partial charge in [0.25, 0.3) is 0 Å². The van der Waals surface area contributed by atoms with Crippen molar-refractivity contribution in [2.24, 2.45) is 0 Å². The van der Waals surface area contributed by atoms with Crippen molar-refractivity contribution in [1.82, 2.24) is 4.90 Å². The highest BCUT2D eigenvalue weighted by Crippen LogP contribution is 2.44. The smallest absolute Gasteiger partial charge is 0.227 e. The molecule has 1 N–H and O–H groups in total. The van der Waals surface area contributed by atoms with Crippen LogP contribution in [0.4, 0.5) is 10.1 Å². The van der Waals surface area contributed by atoms with Gasteiger partial charge in [0.2, 0.25) is 5.91 Å². The summed E-state index contributed by atoms with van der Waals surface area (Å²) < 4.78 is 13.7. The number of aromatic hydroxyl groups is 1. The number of rotatable bonds is 3. The zero-order valence-electron chi connectivity index (χ0n) is 15.6. The number of phenolic OH excluding ortho intramolecular Hbond substituents is 1. The Morgan fingerprint density at radius 3 is 2.67 bits per heavy atom. The lowest BCUT2D eigenvalue weighted by atomic mass is 9.81. The average Bonchev–Trinajstić information content (AvgIpc) is 2.95. The summed E-state index contributed by atoms with van der Waals surface area (Å²) in [6, 6.07) is 14.0. The van der Waals surface area contributed by atoms with E-state index in [0.717, 1.165) is 32.4 Å². The van der Waals surface area contributed by atoms with E-state index in [-0.39, 0.29) is 23.0 Å². The molecule has 4 nitrogen and oxygen atoms in total. The molecule has 2 fully saturated rings. The third-order valence-electron chi connectivity index (χ3n) is 6.08. The molecule has 142 valence electrons. The van der Waals surface area contributed by atoms with Gasteiger partial charge in [-0.25, -0.2) is 4.39 Å². The highest BCUT2D eigenvalue weighted by molar-refractivity contribution is 5.97. The second kappa shape index (κ2) is 6.97. The standard InChI is InChI=1S/C22H25FN2O2/c1-16-14-22(11-12-24(16)15-17-5-7-20(26)8-6-17)10-9-21(27)25(22)19-4-2-3-18(23)13-19/h2-8,13,16,26H,9-12,14-15H2,1H3. The lowest BCUT2D eigenvalue weighted by molar-refractivity contribution is -0.117. The van der Waals surface area contributed by atoms with Crippen LogP contribution < -0.4 is 4.90 Å². The van der Waals surface area contributed by atoms with Gasteiger partial charge in [-0.1, -0.05) is 18.2 Å². The summed E-state index contributed by atoms with van der Waals surface area (Å²) in [5.74, 6) is 0.0690. The van der Waals surface area contributed by atoms with Crippen molar-refractivity contribution >= 4 is 11.6 Å². The van der Waals surface area contributed by atoms with Gasteiger partial charge < -0.3 is 10.0 Å². The molecule has 27 heavy (non-hydrogen) atoms. The van der Waals surface area contributed by atoms with Crippen molar-refractivity contribution in [3.63, 3.8) is 0 Å². The second-order valence-electron chi connectivity index (χ2n) is 7.87. The van der Waals surface area contributed by atoms with Crippen LogP contribution in [0, 0.1) is 5.82 Å². The first kappa shape index (κ1) is 18.0. The Bertz CT molecular complexity index is 838. The van der Waals surface area contributed by atoms with Crippen molar-refractivity contribution in [2.75, 3.05) is 11.4 Å². The molecule has 0 aromatic heterocycles. The van der Waals surface area contributed by atoms with E-state index in [2.05, 4.69) is 11.8 Å². The van der Waals surface area contributed by atoms with Crippen molar-refractivity contribution in [3.8, 4) is 5.75 Å². The fourth-order valence-electron chi connectivity index (χ4n) is 4.71. The van der Waals surface area contributed by atoms with Crippen LogP contribution in [0.25, 0.3) is 0 Å². The Hall–Kier alpha value is -2.40. The van der Waals surface area contributed by atoms with Crippen LogP contribution in [0.1, 0.15) is 38.2 Å². The zero-order valence-corrected chi connectivity index (χ0v) is 15.6. The predicted molar refractivity (Wildman–Crippen MR) is 103 cm³/mol. The number of piperidine rings is 1. The molecular formula is C22H25FN2O2. The molecule has 2 aromatic carbocycles. The number of anilines is 1. The van der Waals surface area contributed by atoms with Crippen LogP contribution in [-0.4, -0.2) is 34.0 Å². The van der Waals surface area contributed by atoms with Crippen LogP contribution in [-0.2, 0) is 11.3 Å². The maximum atomic E-state index is 13.7. The summed E-state index contributed by atoms with van der Waals surface area (Å²) in [5.41, 5.74) is 1.63. The Morgan fingerprint density at radius 2 is 1.96 bits per heavy atom. The Labute approximate surface area is 159 Å². The average molecular weight is 368 g/mol. The maximum absolute atomic E-state index is 13.7. The number of amides is 1. The van der Waals surface area contributed by atoms with Gasteiger partial charge in [-0.2, -0.15) is 0 Å². The first-order valence-corrected chi connectivity index (χ1v) is 9.57. The van der Waals surface area contributed by atoms with Crippen molar-refractivity contribution < 1.29 is 14.3 Å². The van der Waals surface area contributed by atoms with E-state index in [1.165, 1.54) is 17.7 Å². The number of hydrogen-bond acceptors (Lipinski definition) is 3. The number of phenols is 1. The molecule has 2 saturated heterocycles. The van der Waals surface area contributed by atoms with Gasteiger partial charge in [-0.15, -0.1) is 0 Å². The van der Waals surface area contributed by atoms with E-state index in [4.69, 9.17) is 0 Å². The van der Waals surface area contributed by atoms with Crippen molar-refractivity contribution in [1.29, 1.82) is 0 Å². The normalized spacial score (nSPS) is 26.1. The highest BCUT2D eigenvalue weighted by atomic mass is 19.1. The van der Waals surface area contributed by atoms with E-state index in [9.17, 15) is 14.3 Å². The third-order valence-corrected chi connectivity index (χ3v) is 6.08. The summed E-state index contributed by atoms with van der Waals surface area (Å²) in [5, 5.41) is 9.46. The molecule has 4 rings (SSSR count). The van der Waals surface area contributed by atoms with E-state index < -0.39 is 0 Å². The van der Waals surface area contributed by atoms with Gasteiger partial charge in [0.05, 0.1) is 5.54 Å². The molecule has 0 aliphatic carbocycles. The molecule has 2 atom stereocenters. The van der Waals surface area contributed by atoms with Crippen LogP contribution in [0.15, 0.2) is 48.5 Å². The SMILES string of the molecule is CC1CC2(CCC(=O)N2c2cccc(F)c2)CCN1Cc1ccc(O)cc1. The molecule has 0 radical (unpaired) electrons. The van der Waals surface area contributed by atoms with Crippen LogP contribution >= 0.6 is 0 Å². The molecule has 2 aliphatic rings. The Morgan fingerprint density at radius 1 is 1.19 bits per heavy atom. The summed E-state index contributed by atoms with van der Waals surface area (Å²) >= 11 is 0. The van der Waals surface area contributed by atoms with E-state index in [1.807, 2.05) is 23.1 Å². The van der Waals surface area contributed by atoms with Gasteiger partial charge in [0, 0.05) is 31.2 Å². The van der Waals surface area contributed by atoms with Gasteiger partial charge in [-0.3, -0.25) is 9.69 Å². The molecule has 0 bridgehead atoms. The summed E-state index contributed by atoms with van der Waals surface area (Å²) in [4.78, 5) is 16.9. The molecule has 5 heteroatoms. The minimum atomic E-state index is -0.305. The summed E-state index contributed by atoms with van der Waals surface area (Å²) in [7, 11) is 0. The highest BCUT2D eigenvalue weighted by Gasteiger charge is 2.49. The fourth-order valence-corrected chi connectivity index (χ4v) is 4.71. The lowest BCUT2D eigenvalue weighted by Crippen LogP contribution is -2.56. The number of nitrogens with zero attached hydrogens (tertiary/aromatic N) is 2. The first-order chi connectivity index (χ1) is 13.0. The number of likely N-dealkylation sites (tertiary alicyclic amines) is 1. The van der Waals surface area contributed by atoms with Crippen LogP contribution in [0.3, 0.4) is 0 Å². The van der Waals surface area contributed by atoms with Crippen LogP contribution in [0.5, 0.6) is 5.75 Å². The van der Waals surface area contributed by atoms with Gasteiger partial charge >= 0.3 is 0 Å². The summed E-state index contributed by atoms with van der Waals surface area (Å²) in [6.07, 6.45) is 3.13. The number of carbonyl (C=O) groups is 1. The molecule has 1 amide bonds. The quantitative estimate of drug-likeness (QED) is 0.888. The Kier molecular flexibility index (Phi) is 4.64. The molecule has 1 spiro atoms. The van der Waals surface area contributed by atoms with Gasteiger partial charge in [0.1, 0.15) is 11.6 Å². The predicted octanol–water partition coefficient (Wildman–Crippen LogP) is 4.08. The molecule has 2 aliphatic heterocycles. The Balaban J connectivity index is 1.53. The number of halogens is 1. The van der Waals surface area contributed by atoms with Crippen LogP contribution in [0.2, 0.25) is 0 Å². The maximum Gasteiger partial charge on any atom is 0.227 e. The van der Waals surface area contributed by atoms with Gasteiger partial charge in [-0.05, 0) is 62.1 Å². The topological polar surface area (TPSA) is 43.8 Å². The van der Waals surface area contributed by atoms with Crippen molar-refractivity contribution in [2.45, 2.75) is 50.7 Å². The van der Waals surface area contributed by atoms with Crippen molar-refractivity contribution in [3.05, 3.63) is 59.9 Å². The fraction of sp³-hybridized carbons (Fsp3) is 0.409. The minimum absolute atomic E-state index is 0.0970. The molecule has 0 saturated carbocycles. The molecule has 2 aromatic rings. The zero-order chi connectivity index (χ0) is 19.0.